The van der Waals surface area contributed by atoms with Crippen LogP contribution in [-0.4, -0.2) is 24.2 Å². The van der Waals surface area contributed by atoms with Crippen molar-refractivity contribution in [2.45, 2.75) is 18.4 Å². The molecule has 0 saturated carbocycles. The third kappa shape index (κ3) is 3.09. The number of hydrogen-bond acceptors (Lipinski definition) is 4. The van der Waals surface area contributed by atoms with E-state index in [1.807, 2.05) is 41.8 Å². The quantitative estimate of drug-likeness (QED) is 0.909. The molecule has 1 aliphatic heterocycles. The first kappa shape index (κ1) is 14.1. The van der Waals surface area contributed by atoms with E-state index in [4.69, 9.17) is 4.74 Å². The van der Waals surface area contributed by atoms with Gasteiger partial charge in [0.15, 0.2) is 0 Å². The maximum absolute atomic E-state index is 12.0. The Bertz CT molecular complexity index is 626. The fourth-order valence-corrected chi connectivity index (χ4v) is 3.21. The number of amides is 1. The fraction of sp³-hybridized carbons (Fsp3) is 0.312. The van der Waals surface area contributed by atoms with Crippen molar-refractivity contribution in [1.82, 2.24) is 5.32 Å². The molecule has 1 amide bonds. The van der Waals surface area contributed by atoms with E-state index in [9.17, 15) is 9.90 Å². The minimum atomic E-state index is -1.06. The first-order valence-corrected chi connectivity index (χ1v) is 7.79. The summed E-state index contributed by atoms with van der Waals surface area (Å²) in [7, 11) is 0. The smallest absolute Gasteiger partial charge is 0.225 e. The third-order valence-electron chi connectivity index (χ3n) is 3.65. The lowest BCUT2D eigenvalue weighted by molar-refractivity contribution is -0.122. The minimum Gasteiger partial charge on any atom is -0.493 e. The first-order valence-electron chi connectivity index (χ1n) is 6.91. The SMILES string of the molecule is O=C(Cc1cccs1)NCC1(O)CCOc2ccccc21. The lowest BCUT2D eigenvalue weighted by atomic mass is 9.88. The van der Waals surface area contributed by atoms with Gasteiger partial charge in [-0.3, -0.25) is 4.79 Å². The number of aliphatic hydroxyl groups is 1. The zero-order valence-corrected chi connectivity index (χ0v) is 12.4. The van der Waals surface area contributed by atoms with E-state index in [2.05, 4.69) is 5.32 Å². The molecule has 0 spiro atoms. The van der Waals surface area contributed by atoms with Crippen molar-refractivity contribution in [3.8, 4) is 5.75 Å². The van der Waals surface area contributed by atoms with Crippen LogP contribution in [0.2, 0.25) is 0 Å². The molecule has 1 unspecified atom stereocenters. The highest BCUT2D eigenvalue weighted by molar-refractivity contribution is 7.10. The largest absolute Gasteiger partial charge is 0.493 e. The molecule has 1 aromatic carbocycles. The lowest BCUT2D eigenvalue weighted by Crippen LogP contribution is -2.44. The average molecular weight is 303 g/mol. The maximum atomic E-state index is 12.0. The van der Waals surface area contributed by atoms with Crippen LogP contribution in [0.5, 0.6) is 5.75 Å². The van der Waals surface area contributed by atoms with Crippen LogP contribution >= 0.6 is 11.3 Å². The number of nitrogens with one attached hydrogen (secondary N) is 1. The molecule has 0 fully saturated rings. The molecular formula is C16H17NO3S. The highest BCUT2D eigenvalue weighted by Gasteiger charge is 2.35. The zero-order valence-electron chi connectivity index (χ0n) is 11.5. The lowest BCUT2D eigenvalue weighted by Gasteiger charge is -2.34. The number of carbonyl (C=O) groups is 1. The monoisotopic (exact) mass is 303 g/mol. The standard InChI is InChI=1S/C16H17NO3S/c18-15(10-12-4-3-9-21-12)17-11-16(19)7-8-20-14-6-2-1-5-13(14)16/h1-6,9,19H,7-8,10-11H2,(H,17,18). The summed E-state index contributed by atoms with van der Waals surface area (Å²) in [5.41, 5.74) is -0.312. The number of para-hydroxylation sites is 1. The van der Waals surface area contributed by atoms with Crippen molar-refractivity contribution in [3.63, 3.8) is 0 Å². The van der Waals surface area contributed by atoms with Gasteiger partial charge in [-0.25, -0.2) is 0 Å². The van der Waals surface area contributed by atoms with Gasteiger partial charge in [0.05, 0.1) is 19.6 Å². The van der Waals surface area contributed by atoms with Crippen LogP contribution in [0, 0.1) is 0 Å². The molecule has 0 saturated heterocycles. The summed E-state index contributed by atoms with van der Waals surface area (Å²) >= 11 is 1.56. The summed E-state index contributed by atoms with van der Waals surface area (Å²) in [4.78, 5) is 13.0. The van der Waals surface area contributed by atoms with Gasteiger partial charge in [-0.05, 0) is 17.5 Å². The molecule has 3 rings (SSSR count). The number of hydrogen-bond donors (Lipinski definition) is 2. The van der Waals surface area contributed by atoms with E-state index in [1.165, 1.54) is 0 Å². The van der Waals surface area contributed by atoms with Crippen LogP contribution in [0.15, 0.2) is 41.8 Å². The molecule has 2 heterocycles. The van der Waals surface area contributed by atoms with Crippen molar-refractivity contribution < 1.29 is 14.6 Å². The van der Waals surface area contributed by atoms with Crippen molar-refractivity contribution in [1.29, 1.82) is 0 Å². The molecule has 1 atom stereocenters. The number of fused-ring (bicyclic) bond motifs is 1. The van der Waals surface area contributed by atoms with E-state index >= 15 is 0 Å². The van der Waals surface area contributed by atoms with E-state index in [0.29, 0.717) is 25.2 Å². The molecule has 1 aromatic heterocycles. The second-order valence-corrected chi connectivity index (χ2v) is 6.19. The Balaban J connectivity index is 1.66. The van der Waals surface area contributed by atoms with Crippen LogP contribution in [0.3, 0.4) is 0 Å². The molecule has 5 heteroatoms. The van der Waals surface area contributed by atoms with Gasteiger partial charge in [-0.2, -0.15) is 0 Å². The summed E-state index contributed by atoms with van der Waals surface area (Å²) in [6.07, 6.45) is 0.829. The van der Waals surface area contributed by atoms with Crippen LogP contribution < -0.4 is 10.1 Å². The van der Waals surface area contributed by atoms with Gasteiger partial charge in [0.1, 0.15) is 11.4 Å². The fourth-order valence-electron chi connectivity index (χ4n) is 2.50. The van der Waals surface area contributed by atoms with Gasteiger partial charge in [0.2, 0.25) is 5.91 Å². The molecule has 2 aromatic rings. The number of benzene rings is 1. The Hall–Kier alpha value is -1.85. The number of carbonyl (C=O) groups excluding carboxylic acids is 1. The topological polar surface area (TPSA) is 58.6 Å². The predicted octanol–water partition coefficient (Wildman–Crippen LogP) is 2.08. The average Bonchev–Trinajstić information content (AvgIpc) is 2.99. The van der Waals surface area contributed by atoms with Crippen LogP contribution in [0.1, 0.15) is 16.9 Å². The molecule has 21 heavy (non-hydrogen) atoms. The number of ether oxygens (including phenoxy) is 1. The van der Waals surface area contributed by atoms with Crippen molar-refractivity contribution in [2.75, 3.05) is 13.2 Å². The molecule has 0 aliphatic carbocycles. The van der Waals surface area contributed by atoms with Gasteiger partial charge in [0, 0.05) is 16.9 Å². The second kappa shape index (κ2) is 5.87. The van der Waals surface area contributed by atoms with Crippen molar-refractivity contribution >= 4 is 17.2 Å². The normalized spacial score (nSPS) is 20.4. The zero-order chi connectivity index (χ0) is 14.7. The highest BCUT2D eigenvalue weighted by atomic mass is 32.1. The summed E-state index contributed by atoms with van der Waals surface area (Å²) < 4.78 is 5.54. The Morgan fingerprint density at radius 2 is 2.19 bits per heavy atom. The molecule has 0 radical (unpaired) electrons. The molecule has 1 aliphatic rings. The van der Waals surface area contributed by atoms with Crippen molar-refractivity contribution in [2.24, 2.45) is 0 Å². The Kier molecular flexibility index (Phi) is 3.94. The Morgan fingerprint density at radius 1 is 1.33 bits per heavy atom. The van der Waals surface area contributed by atoms with E-state index < -0.39 is 5.60 Å². The van der Waals surface area contributed by atoms with Crippen LogP contribution in [0.4, 0.5) is 0 Å². The van der Waals surface area contributed by atoms with Gasteiger partial charge in [-0.15, -0.1) is 11.3 Å². The van der Waals surface area contributed by atoms with Gasteiger partial charge in [0.25, 0.3) is 0 Å². The third-order valence-corrected chi connectivity index (χ3v) is 4.53. The van der Waals surface area contributed by atoms with Crippen molar-refractivity contribution in [3.05, 3.63) is 52.2 Å². The minimum absolute atomic E-state index is 0.0742. The molecule has 0 bridgehead atoms. The summed E-state index contributed by atoms with van der Waals surface area (Å²) in [5, 5.41) is 15.6. The molecule has 4 nitrogen and oxygen atoms in total. The predicted molar refractivity (Wildman–Crippen MR) is 81.5 cm³/mol. The molecule has 2 N–H and O–H groups in total. The van der Waals surface area contributed by atoms with E-state index in [0.717, 1.165) is 10.4 Å². The van der Waals surface area contributed by atoms with Gasteiger partial charge >= 0.3 is 0 Å². The Labute approximate surface area is 127 Å². The molecular weight excluding hydrogens is 286 g/mol. The number of rotatable bonds is 4. The summed E-state index contributed by atoms with van der Waals surface area (Å²) in [5.74, 6) is 0.619. The number of thiophene rings is 1. The van der Waals surface area contributed by atoms with E-state index in [-0.39, 0.29) is 12.5 Å². The summed E-state index contributed by atoms with van der Waals surface area (Å²) in [6.45, 7) is 0.659. The highest BCUT2D eigenvalue weighted by Crippen LogP contribution is 2.36. The van der Waals surface area contributed by atoms with Gasteiger partial charge < -0.3 is 15.2 Å². The second-order valence-electron chi connectivity index (χ2n) is 5.16. The van der Waals surface area contributed by atoms with E-state index in [1.54, 1.807) is 11.3 Å². The van der Waals surface area contributed by atoms with Crippen LogP contribution in [0.25, 0.3) is 0 Å². The first-order chi connectivity index (χ1) is 10.2. The Morgan fingerprint density at radius 3 is 3.00 bits per heavy atom. The van der Waals surface area contributed by atoms with Gasteiger partial charge in [-0.1, -0.05) is 24.3 Å². The van der Waals surface area contributed by atoms with Crippen LogP contribution in [-0.2, 0) is 16.8 Å². The molecule has 110 valence electrons. The maximum Gasteiger partial charge on any atom is 0.225 e. The summed E-state index contributed by atoms with van der Waals surface area (Å²) in [6, 6.07) is 11.3.